The third kappa shape index (κ3) is 3.58. The number of carboxylic acid groups (broad SMARTS) is 1. The summed E-state index contributed by atoms with van der Waals surface area (Å²) >= 11 is 1.08. The molecule has 0 aromatic carbocycles. The van der Waals surface area contributed by atoms with Crippen molar-refractivity contribution >= 4 is 23.2 Å². The Morgan fingerprint density at radius 1 is 1.35 bits per heavy atom. The number of amides is 1. The highest BCUT2D eigenvalue weighted by Gasteiger charge is 2.22. The Morgan fingerprint density at radius 2 is 2.00 bits per heavy atom. The highest BCUT2D eigenvalue weighted by Crippen LogP contribution is 2.24. The summed E-state index contributed by atoms with van der Waals surface area (Å²) in [6.07, 6.45) is 1.69. The van der Waals surface area contributed by atoms with Gasteiger partial charge in [0.15, 0.2) is 0 Å². The van der Waals surface area contributed by atoms with Gasteiger partial charge < -0.3 is 10.4 Å². The van der Waals surface area contributed by atoms with E-state index in [1.165, 1.54) is 0 Å². The smallest absolute Gasteiger partial charge is 0.347 e. The lowest BCUT2D eigenvalue weighted by molar-refractivity contribution is 0.0701. The van der Waals surface area contributed by atoms with Gasteiger partial charge in [-0.05, 0) is 19.8 Å². The van der Waals surface area contributed by atoms with Crippen LogP contribution in [0.3, 0.4) is 0 Å². The van der Waals surface area contributed by atoms with Gasteiger partial charge in [0.25, 0.3) is 5.91 Å². The van der Waals surface area contributed by atoms with Crippen molar-refractivity contribution in [2.24, 2.45) is 7.05 Å². The van der Waals surface area contributed by atoms with Crippen LogP contribution in [0.15, 0.2) is 6.20 Å². The van der Waals surface area contributed by atoms with E-state index in [1.54, 1.807) is 31.8 Å². The number of aromatic carboxylic acids is 1. The van der Waals surface area contributed by atoms with Crippen molar-refractivity contribution in [3.8, 4) is 0 Å². The molecule has 0 aliphatic heterocycles. The summed E-state index contributed by atoms with van der Waals surface area (Å²) in [7, 11) is 1.77. The molecule has 1 atom stereocenters. The van der Waals surface area contributed by atoms with E-state index >= 15 is 0 Å². The lowest BCUT2D eigenvalue weighted by Crippen LogP contribution is -2.27. The third-order valence-corrected chi connectivity index (χ3v) is 4.70. The average Bonchev–Trinajstić information content (AvgIpc) is 3.02. The minimum Gasteiger partial charge on any atom is -0.477 e. The molecule has 2 rings (SSSR count). The highest BCUT2D eigenvalue weighted by atomic mass is 32.1. The minimum atomic E-state index is -1.00. The lowest BCUT2D eigenvalue weighted by atomic mass is 10.1. The molecule has 0 saturated carbocycles. The van der Waals surface area contributed by atoms with Crippen LogP contribution in [0.25, 0.3) is 0 Å². The fourth-order valence-corrected chi connectivity index (χ4v) is 3.15. The normalized spacial score (nSPS) is 12.4. The van der Waals surface area contributed by atoms with Crippen LogP contribution in [-0.2, 0) is 7.05 Å². The second kappa shape index (κ2) is 6.49. The van der Waals surface area contributed by atoms with Crippen molar-refractivity contribution in [2.75, 3.05) is 0 Å². The second-order valence-electron chi connectivity index (χ2n) is 5.72. The lowest BCUT2D eigenvalue weighted by Gasteiger charge is -2.11. The first kappa shape index (κ1) is 17.1. The Labute approximate surface area is 138 Å². The first-order chi connectivity index (χ1) is 10.7. The van der Waals surface area contributed by atoms with Gasteiger partial charge in [-0.1, -0.05) is 13.8 Å². The van der Waals surface area contributed by atoms with Gasteiger partial charge in [-0.3, -0.25) is 9.48 Å². The van der Waals surface area contributed by atoms with Gasteiger partial charge >= 0.3 is 5.97 Å². The molecule has 2 aromatic rings. The van der Waals surface area contributed by atoms with Crippen LogP contribution in [0.1, 0.15) is 69.2 Å². The fraction of sp³-hybridized carbons (Fsp3) is 0.467. The number of rotatable bonds is 5. The first-order valence-corrected chi connectivity index (χ1v) is 8.07. The van der Waals surface area contributed by atoms with Crippen molar-refractivity contribution < 1.29 is 14.7 Å². The summed E-state index contributed by atoms with van der Waals surface area (Å²) in [6, 6.07) is -0.375. The predicted molar refractivity (Wildman–Crippen MR) is 87.0 cm³/mol. The summed E-state index contributed by atoms with van der Waals surface area (Å²) in [5.74, 6) is -1.11. The summed E-state index contributed by atoms with van der Waals surface area (Å²) < 4.78 is 1.62. The molecule has 0 aliphatic carbocycles. The largest absolute Gasteiger partial charge is 0.477 e. The number of hydrogen-bond donors (Lipinski definition) is 2. The minimum absolute atomic E-state index is 0.132. The molecular formula is C15H20N4O3S. The maximum atomic E-state index is 12.5. The number of carbonyl (C=O) groups excluding carboxylic acids is 1. The summed E-state index contributed by atoms with van der Waals surface area (Å²) in [5.41, 5.74) is 1.72. The molecule has 1 unspecified atom stereocenters. The zero-order chi connectivity index (χ0) is 17.3. The van der Waals surface area contributed by atoms with Crippen LogP contribution in [-0.4, -0.2) is 31.7 Å². The van der Waals surface area contributed by atoms with Crippen molar-refractivity contribution in [1.82, 2.24) is 20.1 Å². The van der Waals surface area contributed by atoms with Crippen molar-refractivity contribution in [2.45, 2.75) is 39.7 Å². The molecule has 124 valence electrons. The van der Waals surface area contributed by atoms with Crippen LogP contribution >= 0.6 is 11.3 Å². The SMILES string of the molecule is Cc1nc(C(C)NC(=O)c2cn(C)nc2C(C)C)sc1C(=O)O. The quantitative estimate of drug-likeness (QED) is 0.874. The monoisotopic (exact) mass is 336 g/mol. The molecule has 2 heterocycles. The molecule has 7 nitrogen and oxygen atoms in total. The van der Waals surface area contributed by atoms with E-state index in [1.807, 2.05) is 13.8 Å². The van der Waals surface area contributed by atoms with Crippen LogP contribution < -0.4 is 5.32 Å². The first-order valence-electron chi connectivity index (χ1n) is 7.25. The molecule has 0 saturated heterocycles. The topological polar surface area (TPSA) is 97.1 Å². The average molecular weight is 336 g/mol. The zero-order valence-electron chi connectivity index (χ0n) is 13.7. The van der Waals surface area contributed by atoms with Gasteiger partial charge in [0.05, 0.1) is 23.0 Å². The van der Waals surface area contributed by atoms with Crippen LogP contribution in [0.4, 0.5) is 0 Å². The Morgan fingerprint density at radius 3 is 2.52 bits per heavy atom. The number of carboxylic acids is 1. The molecule has 0 fully saturated rings. The van der Waals surface area contributed by atoms with E-state index < -0.39 is 5.97 Å². The zero-order valence-corrected chi connectivity index (χ0v) is 14.6. The van der Waals surface area contributed by atoms with Crippen LogP contribution in [0.5, 0.6) is 0 Å². The highest BCUT2D eigenvalue weighted by molar-refractivity contribution is 7.13. The summed E-state index contributed by atoms with van der Waals surface area (Å²) in [6.45, 7) is 7.39. The predicted octanol–water partition coefficient (Wildman–Crippen LogP) is 2.50. The third-order valence-electron chi connectivity index (χ3n) is 3.37. The van der Waals surface area contributed by atoms with E-state index in [0.29, 0.717) is 16.3 Å². The van der Waals surface area contributed by atoms with E-state index in [-0.39, 0.29) is 22.7 Å². The molecule has 0 aliphatic rings. The number of aryl methyl sites for hydroxylation is 2. The number of nitrogens with one attached hydrogen (secondary N) is 1. The number of nitrogens with zero attached hydrogens (tertiary/aromatic N) is 3. The summed E-state index contributed by atoms with van der Waals surface area (Å²) in [5, 5.41) is 16.8. The van der Waals surface area contributed by atoms with E-state index in [0.717, 1.165) is 17.0 Å². The van der Waals surface area contributed by atoms with Crippen molar-refractivity contribution in [3.63, 3.8) is 0 Å². The number of hydrogen-bond acceptors (Lipinski definition) is 5. The Bertz CT molecular complexity index is 748. The van der Waals surface area contributed by atoms with Gasteiger partial charge in [0, 0.05) is 13.2 Å². The second-order valence-corrected chi connectivity index (χ2v) is 6.75. The molecule has 8 heteroatoms. The van der Waals surface area contributed by atoms with E-state index in [4.69, 9.17) is 5.11 Å². The number of aromatic nitrogens is 3. The Kier molecular flexibility index (Phi) is 4.84. The van der Waals surface area contributed by atoms with Crippen LogP contribution in [0.2, 0.25) is 0 Å². The van der Waals surface area contributed by atoms with Gasteiger partial charge in [0.2, 0.25) is 0 Å². The fourth-order valence-electron chi connectivity index (χ4n) is 2.24. The Hall–Kier alpha value is -2.22. The Balaban J connectivity index is 2.20. The van der Waals surface area contributed by atoms with Crippen LogP contribution in [0, 0.1) is 6.92 Å². The van der Waals surface area contributed by atoms with Gasteiger partial charge in [-0.2, -0.15) is 5.10 Å². The standard InChI is InChI=1S/C15H20N4O3S/c1-7(2)11-10(6-19(5)18-11)13(20)16-9(4)14-17-8(3)12(23-14)15(21)22/h6-7,9H,1-5H3,(H,16,20)(H,21,22). The molecule has 1 amide bonds. The molecule has 0 spiro atoms. The molecule has 0 radical (unpaired) electrons. The molecule has 23 heavy (non-hydrogen) atoms. The van der Waals surface area contributed by atoms with Gasteiger partial charge in [-0.25, -0.2) is 9.78 Å². The molecule has 2 aromatic heterocycles. The van der Waals surface area contributed by atoms with Crippen molar-refractivity contribution in [3.05, 3.63) is 33.0 Å². The van der Waals surface area contributed by atoms with E-state index in [9.17, 15) is 9.59 Å². The van der Waals surface area contributed by atoms with Crippen molar-refractivity contribution in [1.29, 1.82) is 0 Å². The van der Waals surface area contributed by atoms with Gasteiger partial charge in [-0.15, -0.1) is 11.3 Å². The van der Waals surface area contributed by atoms with Gasteiger partial charge in [0.1, 0.15) is 9.88 Å². The van der Waals surface area contributed by atoms with E-state index in [2.05, 4.69) is 15.4 Å². The number of thiazole rings is 1. The summed E-state index contributed by atoms with van der Waals surface area (Å²) in [4.78, 5) is 28.0. The maximum Gasteiger partial charge on any atom is 0.347 e. The molecular weight excluding hydrogens is 316 g/mol. The molecule has 0 bridgehead atoms. The number of carbonyl (C=O) groups is 2. The molecule has 2 N–H and O–H groups in total. The maximum absolute atomic E-state index is 12.5.